The maximum Gasteiger partial charge on any atom is 0.312 e. The molecule has 0 spiro atoms. The number of nitro groups is 1. The highest BCUT2D eigenvalue weighted by Gasteiger charge is 2.17. The second kappa shape index (κ2) is 6.94. The molecule has 104 valence electrons. The number of amides is 1. The van der Waals surface area contributed by atoms with E-state index in [2.05, 4.69) is 5.32 Å². The Hall–Kier alpha value is -1.82. The summed E-state index contributed by atoms with van der Waals surface area (Å²) in [6.07, 6.45) is 0.798. The van der Waals surface area contributed by atoms with Gasteiger partial charge in [0.25, 0.3) is 5.91 Å². The monoisotopic (exact) mass is 286 g/mol. The summed E-state index contributed by atoms with van der Waals surface area (Å²) < 4.78 is 5.15. The summed E-state index contributed by atoms with van der Waals surface area (Å²) in [5.74, 6) is -0.299. The van der Waals surface area contributed by atoms with Crippen molar-refractivity contribution in [3.8, 4) is 5.75 Å². The maximum atomic E-state index is 11.5. The maximum absolute atomic E-state index is 11.5. The van der Waals surface area contributed by atoms with Crippen molar-refractivity contribution in [1.82, 2.24) is 5.32 Å². The van der Waals surface area contributed by atoms with Gasteiger partial charge in [0.15, 0.2) is 12.4 Å². The fourth-order valence-corrected chi connectivity index (χ4v) is 1.48. The van der Waals surface area contributed by atoms with Crippen LogP contribution in [0.5, 0.6) is 5.75 Å². The molecule has 0 radical (unpaired) electrons. The molecule has 7 heteroatoms. The molecule has 0 aliphatic heterocycles. The first kappa shape index (κ1) is 15.2. The normalized spacial score (nSPS) is 11.7. The van der Waals surface area contributed by atoms with Crippen LogP contribution in [-0.4, -0.2) is 23.5 Å². The summed E-state index contributed by atoms with van der Waals surface area (Å²) >= 11 is 5.67. The van der Waals surface area contributed by atoms with Gasteiger partial charge in [0, 0.05) is 17.1 Å². The summed E-state index contributed by atoms with van der Waals surface area (Å²) in [5.41, 5.74) is -0.260. The number of hydrogen-bond acceptors (Lipinski definition) is 4. The molecule has 0 aliphatic rings. The Morgan fingerprint density at radius 3 is 2.84 bits per heavy atom. The first-order valence-electron chi connectivity index (χ1n) is 5.80. The Kier molecular flexibility index (Phi) is 5.57. The van der Waals surface area contributed by atoms with Crippen molar-refractivity contribution in [2.75, 3.05) is 6.61 Å². The van der Waals surface area contributed by atoms with Crippen molar-refractivity contribution in [2.45, 2.75) is 26.3 Å². The van der Waals surface area contributed by atoms with Crippen molar-refractivity contribution in [1.29, 1.82) is 0 Å². The molecule has 0 bridgehead atoms. The third-order valence-corrected chi connectivity index (χ3v) is 2.73. The van der Waals surface area contributed by atoms with E-state index < -0.39 is 4.92 Å². The Labute approximate surface area is 115 Å². The summed E-state index contributed by atoms with van der Waals surface area (Å²) in [4.78, 5) is 21.7. The zero-order valence-electron chi connectivity index (χ0n) is 10.7. The average molecular weight is 287 g/mol. The topological polar surface area (TPSA) is 81.5 Å². The van der Waals surface area contributed by atoms with Gasteiger partial charge in [-0.1, -0.05) is 18.5 Å². The molecule has 1 aromatic rings. The van der Waals surface area contributed by atoms with Crippen LogP contribution in [0, 0.1) is 10.1 Å². The summed E-state index contributed by atoms with van der Waals surface area (Å²) in [6.45, 7) is 3.53. The SMILES string of the molecule is CC[C@@H](C)NC(=O)COc1ccc(Cl)cc1[N+](=O)[O-]. The number of nitrogens with one attached hydrogen (secondary N) is 1. The Balaban J connectivity index is 2.67. The highest BCUT2D eigenvalue weighted by molar-refractivity contribution is 6.30. The van der Waals surface area contributed by atoms with E-state index >= 15 is 0 Å². The molecular formula is C12H15ClN2O4. The molecule has 0 unspecified atom stereocenters. The number of nitro benzene ring substituents is 1. The number of ether oxygens (including phenoxy) is 1. The van der Waals surface area contributed by atoms with Gasteiger partial charge in [-0.2, -0.15) is 0 Å². The van der Waals surface area contributed by atoms with Crippen LogP contribution in [0.2, 0.25) is 5.02 Å². The van der Waals surface area contributed by atoms with E-state index in [0.29, 0.717) is 0 Å². The first-order valence-corrected chi connectivity index (χ1v) is 6.18. The minimum absolute atomic E-state index is 0.0219. The minimum Gasteiger partial charge on any atom is -0.477 e. The van der Waals surface area contributed by atoms with Crippen LogP contribution in [0.3, 0.4) is 0 Å². The van der Waals surface area contributed by atoms with Gasteiger partial charge >= 0.3 is 5.69 Å². The van der Waals surface area contributed by atoms with Crippen LogP contribution in [0.25, 0.3) is 0 Å². The molecular weight excluding hydrogens is 272 g/mol. The Bertz CT molecular complexity index is 479. The lowest BCUT2D eigenvalue weighted by Crippen LogP contribution is -2.35. The van der Waals surface area contributed by atoms with Crippen molar-refractivity contribution in [2.24, 2.45) is 0 Å². The second-order valence-corrected chi connectivity index (χ2v) is 4.47. The molecule has 6 nitrogen and oxygen atoms in total. The first-order chi connectivity index (χ1) is 8.93. The molecule has 1 atom stereocenters. The van der Waals surface area contributed by atoms with Crippen LogP contribution in [0.4, 0.5) is 5.69 Å². The summed E-state index contributed by atoms with van der Waals surface area (Å²) in [5, 5.41) is 13.7. The average Bonchev–Trinajstić information content (AvgIpc) is 2.36. The van der Waals surface area contributed by atoms with Crippen LogP contribution in [-0.2, 0) is 4.79 Å². The Morgan fingerprint density at radius 2 is 2.26 bits per heavy atom. The number of nitrogens with zero attached hydrogens (tertiary/aromatic N) is 1. The lowest BCUT2D eigenvalue weighted by Gasteiger charge is -2.12. The van der Waals surface area contributed by atoms with Crippen LogP contribution >= 0.6 is 11.6 Å². The highest BCUT2D eigenvalue weighted by Crippen LogP contribution is 2.29. The number of rotatable bonds is 6. The van der Waals surface area contributed by atoms with Crippen molar-refractivity contribution in [3.05, 3.63) is 33.3 Å². The molecule has 0 aliphatic carbocycles. The van der Waals surface area contributed by atoms with Gasteiger partial charge in [0.2, 0.25) is 0 Å². The van der Waals surface area contributed by atoms with Gasteiger partial charge in [-0.3, -0.25) is 14.9 Å². The number of carbonyl (C=O) groups is 1. The van der Waals surface area contributed by atoms with Crippen LogP contribution in [0.15, 0.2) is 18.2 Å². The van der Waals surface area contributed by atoms with Gasteiger partial charge < -0.3 is 10.1 Å². The fraction of sp³-hybridized carbons (Fsp3) is 0.417. The molecule has 0 saturated heterocycles. The zero-order chi connectivity index (χ0) is 14.4. The molecule has 1 N–H and O–H groups in total. The van der Waals surface area contributed by atoms with Gasteiger partial charge in [0.05, 0.1) is 4.92 Å². The lowest BCUT2D eigenvalue weighted by atomic mass is 10.2. The smallest absolute Gasteiger partial charge is 0.312 e. The van der Waals surface area contributed by atoms with E-state index in [1.165, 1.54) is 18.2 Å². The van der Waals surface area contributed by atoms with E-state index in [4.69, 9.17) is 16.3 Å². The van der Waals surface area contributed by atoms with Gasteiger partial charge in [-0.05, 0) is 25.5 Å². The number of carbonyl (C=O) groups excluding carboxylic acids is 1. The highest BCUT2D eigenvalue weighted by atomic mass is 35.5. The predicted molar refractivity (Wildman–Crippen MR) is 71.5 cm³/mol. The van der Waals surface area contributed by atoms with E-state index in [1.54, 1.807) is 0 Å². The van der Waals surface area contributed by atoms with E-state index in [0.717, 1.165) is 6.42 Å². The van der Waals surface area contributed by atoms with Crippen molar-refractivity contribution >= 4 is 23.2 Å². The molecule has 1 rings (SSSR count). The van der Waals surface area contributed by atoms with Gasteiger partial charge in [-0.25, -0.2) is 0 Å². The summed E-state index contributed by atoms with van der Waals surface area (Å²) in [6, 6.07) is 4.06. The van der Waals surface area contributed by atoms with Gasteiger partial charge in [-0.15, -0.1) is 0 Å². The Morgan fingerprint density at radius 1 is 1.58 bits per heavy atom. The molecule has 0 heterocycles. The predicted octanol–water partition coefficient (Wildman–Crippen LogP) is 2.54. The third-order valence-electron chi connectivity index (χ3n) is 2.50. The van der Waals surface area contributed by atoms with Crippen LogP contribution < -0.4 is 10.1 Å². The lowest BCUT2D eigenvalue weighted by molar-refractivity contribution is -0.385. The minimum atomic E-state index is -0.603. The van der Waals surface area contributed by atoms with Crippen molar-refractivity contribution < 1.29 is 14.5 Å². The molecule has 1 amide bonds. The van der Waals surface area contributed by atoms with E-state index in [1.807, 2.05) is 13.8 Å². The van der Waals surface area contributed by atoms with E-state index in [9.17, 15) is 14.9 Å². The molecule has 0 saturated carbocycles. The second-order valence-electron chi connectivity index (χ2n) is 4.03. The quantitative estimate of drug-likeness (QED) is 0.643. The zero-order valence-corrected chi connectivity index (χ0v) is 11.4. The third kappa shape index (κ3) is 4.75. The largest absolute Gasteiger partial charge is 0.477 e. The molecule has 0 aromatic heterocycles. The molecule has 1 aromatic carbocycles. The number of halogens is 1. The van der Waals surface area contributed by atoms with Crippen molar-refractivity contribution in [3.63, 3.8) is 0 Å². The standard InChI is InChI=1S/C12H15ClN2O4/c1-3-8(2)14-12(16)7-19-11-5-4-9(13)6-10(11)15(17)18/h4-6,8H,3,7H2,1-2H3,(H,14,16)/t8-/m1/s1. The summed E-state index contributed by atoms with van der Waals surface area (Å²) in [7, 11) is 0. The fourth-order valence-electron chi connectivity index (χ4n) is 1.32. The number of hydrogen-bond donors (Lipinski definition) is 1. The van der Waals surface area contributed by atoms with Crippen LogP contribution in [0.1, 0.15) is 20.3 Å². The van der Waals surface area contributed by atoms with Gasteiger partial charge in [0.1, 0.15) is 0 Å². The number of benzene rings is 1. The molecule has 19 heavy (non-hydrogen) atoms. The molecule has 0 fully saturated rings. The van der Waals surface area contributed by atoms with E-state index in [-0.39, 0.29) is 35.0 Å².